The van der Waals surface area contributed by atoms with Gasteiger partial charge >= 0.3 is 17.9 Å². The van der Waals surface area contributed by atoms with Crippen LogP contribution in [0.15, 0.2) is 12.2 Å². The number of ether oxygens (including phenoxy) is 1. The Balaban J connectivity index is 3.97. The van der Waals surface area contributed by atoms with E-state index in [1.54, 1.807) is 6.08 Å². The molecular weight excluding hydrogens is 314 g/mol. The van der Waals surface area contributed by atoms with E-state index >= 15 is 0 Å². The van der Waals surface area contributed by atoms with Gasteiger partial charge in [-0.2, -0.15) is 0 Å². The number of carboxylic acids is 2. The second kappa shape index (κ2) is 11.6. The number of hydrogen-bond acceptors (Lipinski definition) is 4. The van der Waals surface area contributed by atoms with Crippen LogP contribution < -0.4 is 0 Å². The summed E-state index contributed by atoms with van der Waals surface area (Å²) in [6, 6.07) is 0. The molecule has 24 heavy (non-hydrogen) atoms. The molecule has 1 atom stereocenters. The van der Waals surface area contributed by atoms with Crippen LogP contribution in [-0.4, -0.2) is 66.4 Å². The summed E-state index contributed by atoms with van der Waals surface area (Å²) in [5, 5.41) is 17.4. The molecule has 0 aliphatic rings. The summed E-state index contributed by atoms with van der Waals surface area (Å²) in [7, 11) is 5.75. The highest BCUT2D eigenvalue weighted by Gasteiger charge is 2.24. The maximum Gasteiger partial charge on any atom is 0.307 e. The van der Waals surface area contributed by atoms with Gasteiger partial charge in [-0.05, 0) is 19.3 Å². The van der Waals surface area contributed by atoms with Crippen LogP contribution in [0.1, 0.15) is 44.9 Å². The molecule has 2 N–H and O–H groups in total. The number of quaternary nitrogens is 1. The maximum absolute atomic E-state index is 11.8. The van der Waals surface area contributed by atoms with Crippen molar-refractivity contribution in [3.8, 4) is 0 Å². The van der Waals surface area contributed by atoms with E-state index in [1.165, 1.54) is 0 Å². The van der Waals surface area contributed by atoms with Gasteiger partial charge in [0.15, 0.2) is 6.10 Å². The van der Waals surface area contributed by atoms with Gasteiger partial charge in [0.05, 0.1) is 34.0 Å². The molecule has 1 unspecified atom stereocenters. The summed E-state index contributed by atoms with van der Waals surface area (Å²) in [5.41, 5.74) is 0. The topological polar surface area (TPSA) is 101 Å². The molecule has 0 spiro atoms. The molecule has 7 heteroatoms. The minimum atomic E-state index is -0.977. The summed E-state index contributed by atoms with van der Waals surface area (Å²) >= 11 is 0. The fourth-order valence-corrected chi connectivity index (χ4v) is 2.20. The highest BCUT2D eigenvalue weighted by Crippen LogP contribution is 2.10. The van der Waals surface area contributed by atoms with Gasteiger partial charge in [-0.3, -0.25) is 14.4 Å². The van der Waals surface area contributed by atoms with Crippen molar-refractivity contribution >= 4 is 17.9 Å². The molecule has 0 aromatic heterocycles. The number of esters is 1. The summed E-state index contributed by atoms with van der Waals surface area (Å²) in [5.74, 6) is -2.19. The van der Waals surface area contributed by atoms with Gasteiger partial charge in [-0.15, -0.1) is 0 Å². The number of likely N-dealkylation sites (N-methyl/N-ethyl adjacent to an activating group) is 1. The van der Waals surface area contributed by atoms with Crippen LogP contribution >= 0.6 is 0 Å². The van der Waals surface area contributed by atoms with Crippen molar-refractivity contribution in [1.82, 2.24) is 0 Å². The normalized spacial score (nSPS) is 13.0. The highest BCUT2D eigenvalue weighted by atomic mass is 16.5. The third-order valence-electron chi connectivity index (χ3n) is 3.16. The quantitative estimate of drug-likeness (QED) is 0.229. The third kappa shape index (κ3) is 15.0. The minimum Gasteiger partial charge on any atom is -0.481 e. The Morgan fingerprint density at radius 2 is 1.67 bits per heavy atom. The van der Waals surface area contributed by atoms with Crippen LogP contribution in [0.5, 0.6) is 0 Å². The van der Waals surface area contributed by atoms with E-state index in [2.05, 4.69) is 0 Å². The van der Waals surface area contributed by atoms with Crippen molar-refractivity contribution in [1.29, 1.82) is 0 Å². The predicted molar refractivity (Wildman–Crippen MR) is 89.5 cm³/mol. The summed E-state index contributed by atoms with van der Waals surface area (Å²) in [6.45, 7) is 0.451. The lowest BCUT2D eigenvalue weighted by Crippen LogP contribution is -2.43. The Morgan fingerprint density at radius 3 is 2.21 bits per heavy atom. The minimum absolute atomic E-state index is 0.0313. The zero-order valence-electron chi connectivity index (χ0n) is 14.9. The first-order valence-corrected chi connectivity index (χ1v) is 8.18. The van der Waals surface area contributed by atoms with Crippen LogP contribution in [0, 0.1) is 0 Å². The lowest BCUT2D eigenvalue weighted by molar-refractivity contribution is -0.873. The fourth-order valence-electron chi connectivity index (χ4n) is 2.20. The van der Waals surface area contributed by atoms with Gasteiger partial charge in [-0.1, -0.05) is 18.6 Å². The second-order valence-electron chi connectivity index (χ2n) is 6.85. The molecule has 138 valence electrons. The number of nitrogens with zero attached hydrogens (tertiary/aromatic N) is 1. The summed E-state index contributed by atoms with van der Waals surface area (Å²) in [4.78, 5) is 33.0. The van der Waals surface area contributed by atoms with Gasteiger partial charge in [0.1, 0.15) is 6.54 Å². The Bertz CT molecular complexity index is 439. The van der Waals surface area contributed by atoms with E-state index in [4.69, 9.17) is 14.9 Å². The van der Waals surface area contributed by atoms with Gasteiger partial charge < -0.3 is 19.4 Å². The molecule has 0 fully saturated rings. The standard InChI is InChI=1S/C17H29NO6/c1-18(2,3)13-14(12-16(21)22)24-17(23)11-9-7-5-4-6-8-10-15(19)20/h6,8,14H,4-5,7,9-13H2,1-3H3,(H-,19,20,21,22)/p+1/b8-6+. The Hall–Kier alpha value is -1.89. The number of carbonyl (C=O) groups is 3. The average molecular weight is 344 g/mol. The molecular formula is C17H30NO6+. The Morgan fingerprint density at radius 1 is 1.00 bits per heavy atom. The number of carboxylic acid groups (broad SMARTS) is 2. The summed E-state index contributed by atoms with van der Waals surface area (Å²) in [6.07, 6.45) is 6.13. The predicted octanol–water partition coefficient (Wildman–Crippen LogP) is 2.06. The number of allylic oxidation sites excluding steroid dienone is 1. The number of hydrogen-bond donors (Lipinski definition) is 2. The molecule has 0 rings (SSSR count). The maximum atomic E-state index is 11.8. The molecule has 0 aliphatic carbocycles. The van der Waals surface area contributed by atoms with Crippen molar-refractivity contribution in [2.75, 3.05) is 27.7 Å². The first-order valence-electron chi connectivity index (χ1n) is 8.18. The smallest absolute Gasteiger partial charge is 0.307 e. The van der Waals surface area contributed by atoms with Crippen molar-refractivity contribution in [3.05, 3.63) is 12.2 Å². The summed E-state index contributed by atoms with van der Waals surface area (Å²) < 4.78 is 5.82. The van der Waals surface area contributed by atoms with E-state index in [0.29, 0.717) is 17.4 Å². The molecule has 0 heterocycles. The first-order chi connectivity index (χ1) is 11.1. The molecule has 0 radical (unpaired) electrons. The molecule has 0 amide bonds. The van der Waals surface area contributed by atoms with Gasteiger partial charge in [-0.25, -0.2) is 0 Å². The van der Waals surface area contributed by atoms with E-state index in [-0.39, 0.29) is 25.2 Å². The van der Waals surface area contributed by atoms with Crippen molar-refractivity contribution in [2.24, 2.45) is 0 Å². The molecule has 0 aliphatic heterocycles. The molecule has 0 bridgehead atoms. The van der Waals surface area contributed by atoms with Gasteiger partial charge in [0.2, 0.25) is 0 Å². The van der Waals surface area contributed by atoms with Crippen LogP contribution in [-0.2, 0) is 19.1 Å². The van der Waals surface area contributed by atoms with Crippen LogP contribution in [0.3, 0.4) is 0 Å². The lowest BCUT2D eigenvalue weighted by atomic mass is 10.1. The molecule has 7 nitrogen and oxygen atoms in total. The fraction of sp³-hybridized carbons (Fsp3) is 0.706. The Kier molecular flexibility index (Phi) is 10.7. The van der Waals surface area contributed by atoms with Crippen molar-refractivity contribution in [3.63, 3.8) is 0 Å². The van der Waals surface area contributed by atoms with E-state index < -0.39 is 18.0 Å². The van der Waals surface area contributed by atoms with Crippen LogP contribution in [0.25, 0.3) is 0 Å². The second-order valence-corrected chi connectivity index (χ2v) is 6.85. The van der Waals surface area contributed by atoms with E-state index in [1.807, 2.05) is 27.2 Å². The number of aliphatic carboxylic acids is 2. The van der Waals surface area contributed by atoms with Gasteiger partial charge in [0, 0.05) is 6.42 Å². The third-order valence-corrected chi connectivity index (χ3v) is 3.16. The van der Waals surface area contributed by atoms with Crippen LogP contribution in [0.2, 0.25) is 0 Å². The zero-order chi connectivity index (χ0) is 18.6. The first kappa shape index (κ1) is 22.1. The lowest BCUT2D eigenvalue weighted by Gasteiger charge is -2.28. The van der Waals surface area contributed by atoms with Crippen molar-refractivity contribution in [2.45, 2.75) is 51.0 Å². The van der Waals surface area contributed by atoms with Crippen LogP contribution in [0.4, 0.5) is 0 Å². The molecule has 0 aromatic rings. The molecule has 0 aromatic carbocycles. The number of unbranched alkanes of at least 4 members (excludes halogenated alkanes) is 3. The van der Waals surface area contributed by atoms with E-state index in [0.717, 1.165) is 19.3 Å². The zero-order valence-corrected chi connectivity index (χ0v) is 14.9. The Labute approximate surface area is 143 Å². The largest absolute Gasteiger partial charge is 0.481 e. The molecule has 0 saturated heterocycles. The van der Waals surface area contributed by atoms with E-state index in [9.17, 15) is 14.4 Å². The van der Waals surface area contributed by atoms with Gasteiger partial charge in [0.25, 0.3) is 0 Å². The monoisotopic (exact) mass is 344 g/mol. The number of rotatable bonds is 13. The molecule has 0 saturated carbocycles. The SMILES string of the molecule is C[N+](C)(C)CC(CC(=O)O)OC(=O)CCCCC/C=C/CC(=O)O. The number of carbonyl (C=O) groups excluding carboxylic acids is 1. The highest BCUT2D eigenvalue weighted by molar-refractivity contribution is 5.71. The average Bonchev–Trinajstić information content (AvgIpc) is 2.38. The van der Waals surface area contributed by atoms with Crippen molar-refractivity contribution < 1.29 is 33.8 Å².